The predicted octanol–water partition coefficient (Wildman–Crippen LogP) is 9.34. The van der Waals surface area contributed by atoms with E-state index >= 15 is 0 Å². The second-order valence-electron chi connectivity index (χ2n) is 9.87. The number of nitrogens with zero attached hydrogens (tertiary/aromatic N) is 2. The van der Waals surface area contributed by atoms with E-state index in [1.54, 1.807) is 0 Å². The van der Waals surface area contributed by atoms with Crippen LogP contribution in [0.3, 0.4) is 0 Å². The second-order valence-corrected chi connectivity index (χ2v) is 9.87. The largest absolute Gasteiger partial charge is 0.307 e. The highest BCUT2D eigenvalue weighted by molar-refractivity contribution is 6.36. The molecule has 0 radical (unpaired) electrons. The lowest BCUT2D eigenvalue weighted by Crippen LogP contribution is -1.99. The van der Waals surface area contributed by atoms with Crippen LogP contribution < -0.4 is 0 Å². The van der Waals surface area contributed by atoms with Crippen LogP contribution in [0.2, 0.25) is 0 Å². The zero-order valence-electron chi connectivity index (χ0n) is 20.5. The molecular weight excluding hydrogens is 448 g/mol. The maximum Gasteiger partial charge on any atom is 0.0795 e. The minimum Gasteiger partial charge on any atom is -0.307 e. The van der Waals surface area contributed by atoms with E-state index in [0.29, 0.717) is 0 Å². The van der Waals surface area contributed by atoms with E-state index in [0.717, 1.165) is 0 Å². The van der Waals surface area contributed by atoms with Gasteiger partial charge in [-0.1, -0.05) is 96.6 Å². The lowest BCUT2D eigenvalue weighted by atomic mass is 9.98. The molecular formula is C35H24N2. The van der Waals surface area contributed by atoms with Crippen LogP contribution in [0.4, 0.5) is 0 Å². The Morgan fingerprint density at radius 1 is 0.378 bits per heavy atom. The third kappa shape index (κ3) is 2.75. The SMILES string of the molecule is Cc1ccc(-n2c3ccccc3c3c4ccccc4c4c5ccccc5n(-c5ccccc5)c4c32)cc1. The van der Waals surface area contributed by atoms with E-state index in [1.165, 1.54) is 71.3 Å². The minimum absolute atomic E-state index is 1.17. The average molecular weight is 473 g/mol. The monoisotopic (exact) mass is 472 g/mol. The first-order chi connectivity index (χ1) is 18.3. The maximum atomic E-state index is 2.47. The van der Waals surface area contributed by atoms with Gasteiger partial charge in [0.25, 0.3) is 0 Å². The number of hydrogen-bond donors (Lipinski definition) is 0. The molecule has 0 spiro atoms. The molecule has 0 saturated heterocycles. The molecule has 0 N–H and O–H groups in total. The molecule has 8 rings (SSSR count). The fourth-order valence-corrected chi connectivity index (χ4v) is 6.20. The summed E-state index contributed by atoms with van der Waals surface area (Å²) >= 11 is 0. The molecule has 6 aromatic carbocycles. The Balaban J connectivity index is 1.76. The van der Waals surface area contributed by atoms with Gasteiger partial charge in [-0.2, -0.15) is 0 Å². The summed E-state index contributed by atoms with van der Waals surface area (Å²) < 4.78 is 4.93. The zero-order valence-corrected chi connectivity index (χ0v) is 20.5. The van der Waals surface area contributed by atoms with Crippen molar-refractivity contribution in [3.8, 4) is 11.4 Å². The van der Waals surface area contributed by atoms with Gasteiger partial charge in [0.2, 0.25) is 0 Å². The molecule has 8 aromatic rings. The normalized spacial score (nSPS) is 11.9. The van der Waals surface area contributed by atoms with Crippen molar-refractivity contribution < 1.29 is 0 Å². The molecule has 0 aliphatic rings. The number of hydrogen-bond acceptors (Lipinski definition) is 0. The number of rotatable bonds is 2. The molecule has 0 atom stereocenters. The number of aromatic nitrogens is 2. The van der Waals surface area contributed by atoms with Crippen molar-refractivity contribution in [2.75, 3.05) is 0 Å². The van der Waals surface area contributed by atoms with Crippen LogP contribution in [-0.2, 0) is 0 Å². The van der Waals surface area contributed by atoms with Gasteiger partial charge in [0, 0.05) is 32.9 Å². The smallest absolute Gasteiger partial charge is 0.0795 e. The van der Waals surface area contributed by atoms with Gasteiger partial charge in [0.05, 0.1) is 22.1 Å². The fraction of sp³-hybridized carbons (Fsp3) is 0.0286. The minimum atomic E-state index is 1.17. The van der Waals surface area contributed by atoms with E-state index in [2.05, 4.69) is 143 Å². The molecule has 174 valence electrons. The lowest BCUT2D eigenvalue weighted by Gasteiger charge is -2.14. The molecule has 0 unspecified atom stereocenters. The third-order valence-corrected chi connectivity index (χ3v) is 7.75. The molecule has 0 aliphatic carbocycles. The Kier molecular flexibility index (Phi) is 4.18. The molecule has 0 saturated carbocycles. The van der Waals surface area contributed by atoms with E-state index < -0.39 is 0 Å². The van der Waals surface area contributed by atoms with Gasteiger partial charge in [0.1, 0.15) is 0 Å². The second kappa shape index (κ2) is 7.59. The van der Waals surface area contributed by atoms with Crippen LogP contribution in [0.1, 0.15) is 5.56 Å². The molecule has 0 amide bonds. The molecule has 0 fully saturated rings. The first-order valence-corrected chi connectivity index (χ1v) is 12.8. The molecule has 37 heavy (non-hydrogen) atoms. The number of fused-ring (bicyclic) bond motifs is 10. The van der Waals surface area contributed by atoms with Crippen molar-refractivity contribution in [3.05, 3.63) is 133 Å². The number of benzene rings is 6. The van der Waals surface area contributed by atoms with Gasteiger partial charge < -0.3 is 9.13 Å². The molecule has 2 heterocycles. The van der Waals surface area contributed by atoms with Gasteiger partial charge in [-0.15, -0.1) is 0 Å². The summed E-state index contributed by atoms with van der Waals surface area (Å²) in [7, 11) is 0. The van der Waals surface area contributed by atoms with Crippen LogP contribution >= 0.6 is 0 Å². The summed E-state index contributed by atoms with van der Waals surface area (Å²) in [5.41, 5.74) is 8.56. The summed E-state index contributed by atoms with van der Waals surface area (Å²) in [6.07, 6.45) is 0. The highest BCUT2D eigenvalue weighted by Gasteiger charge is 2.24. The van der Waals surface area contributed by atoms with Gasteiger partial charge in [-0.05, 0) is 54.1 Å². The first-order valence-electron chi connectivity index (χ1n) is 12.8. The maximum absolute atomic E-state index is 2.47. The summed E-state index contributed by atoms with van der Waals surface area (Å²) in [4.78, 5) is 0. The molecule has 2 heteroatoms. The van der Waals surface area contributed by atoms with Crippen LogP contribution in [0.25, 0.3) is 65.8 Å². The summed E-state index contributed by atoms with van der Waals surface area (Å²) in [6, 6.07) is 46.3. The molecule has 2 aromatic heterocycles. The molecule has 2 nitrogen and oxygen atoms in total. The quantitative estimate of drug-likeness (QED) is 0.237. The average Bonchev–Trinajstić information content (AvgIpc) is 3.48. The lowest BCUT2D eigenvalue weighted by molar-refractivity contribution is 1.15. The Hall–Kier alpha value is -4.82. The highest BCUT2D eigenvalue weighted by atomic mass is 15.0. The van der Waals surface area contributed by atoms with Gasteiger partial charge in [-0.3, -0.25) is 0 Å². The zero-order chi connectivity index (χ0) is 24.5. The van der Waals surface area contributed by atoms with E-state index in [9.17, 15) is 0 Å². The van der Waals surface area contributed by atoms with E-state index in [-0.39, 0.29) is 0 Å². The van der Waals surface area contributed by atoms with Crippen molar-refractivity contribution in [1.82, 2.24) is 9.13 Å². The topological polar surface area (TPSA) is 9.86 Å². The number of para-hydroxylation sites is 3. The van der Waals surface area contributed by atoms with Gasteiger partial charge in [-0.25, -0.2) is 0 Å². The van der Waals surface area contributed by atoms with Crippen molar-refractivity contribution in [2.24, 2.45) is 0 Å². The third-order valence-electron chi connectivity index (χ3n) is 7.75. The van der Waals surface area contributed by atoms with Crippen molar-refractivity contribution in [2.45, 2.75) is 6.92 Å². The Morgan fingerprint density at radius 2 is 0.784 bits per heavy atom. The molecule has 0 aliphatic heterocycles. The van der Waals surface area contributed by atoms with Gasteiger partial charge >= 0.3 is 0 Å². The van der Waals surface area contributed by atoms with Crippen LogP contribution in [0.15, 0.2) is 127 Å². The Bertz CT molecular complexity index is 2120. The van der Waals surface area contributed by atoms with Crippen LogP contribution in [-0.4, -0.2) is 9.13 Å². The fourth-order valence-electron chi connectivity index (χ4n) is 6.20. The summed E-state index contributed by atoms with van der Waals surface area (Å²) in [6.45, 7) is 2.15. The van der Waals surface area contributed by atoms with Crippen molar-refractivity contribution >= 4 is 54.4 Å². The van der Waals surface area contributed by atoms with Gasteiger partial charge in [0.15, 0.2) is 0 Å². The molecule has 0 bridgehead atoms. The first kappa shape index (κ1) is 20.4. The number of aryl methyl sites for hydroxylation is 1. The van der Waals surface area contributed by atoms with E-state index in [1.807, 2.05) is 0 Å². The van der Waals surface area contributed by atoms with Crippen molar-refractivity contribution in [3.63, 3.8) is 0 Å². The predicted molar refractivity (Wildman–Crippen MR) is 157 cm³/mol. The highest BCUT2D eigenvalue weighted by Crippen LogP contribution is 2.46. The Labute approximate surface area is 214 Å². The van der Waals surface area contributed by atoms with Crippen LogP contribution in [0, 0.1) is 6.92 Å². The van der Waals surface area contributed by atoms with E-state index in [4.69, 9.17) is 0 Å². The van der Waals surface area contributed by atoms with Crippen LogP contribution in [0.5, 0.6) is 0 Å². The Morgan fingerprint density at radius 3 is 1.30 bits per heavy atom. The standard InChI is InChI=1S/C35H24N2/c1-23-19-21-25(22-20-23)37-31-18-10-8-16-29(31)33-27-14-6-5-13-26(27)32-28-15-7-9-17-30(28)36(34(32)35(33)37)24-11-3-2-4-12-24/h2-22H,1H3. The van der Waals surface area contributed by atoms with Crippen molar-refractivity contribution in [1.29, 1.82) is 0 Å². The summed E-state index contributed by atoms with van der Waals surface area (Å²) in [5.74, 6) is 0. The summed E-state index contributed by atoms with van der Waals surface area (Å²) in [5, 5.41) is 7.75.